The molecule has 0 radical (unpaired) electrons. The highest BCUT2D eigenvalue weighted by molar-refractivity contribution is 6.30. The van der Waals surface area contributed by atoms with Gasteiger partial charge in [0.15, 0.2) is 0 Å². The van der Waals surface area contributed by atoms with Crippen molar-refractivity contribution in [3.05, 3.63) is 106 Å². The Morgan fingerprint density at radius 1 is 1.06 bits per heavy atom. The Hall–Kier alpha value is -3.77. The molecule has 0 fully saturated rings. The van der Waals surface area contributed by atoms with Gasteiger partial charge in [-0.1, -0.05) is 29.8 Å². The Labute approximate surface area is 190 Å². The summed E-state index contributed by atoms with van der Waals surface area (Å²) in [4.78, 5) is 25.7. The van der Waals surface area contributed by atoms with Crippen LogP contribution in [-0.2, 0) is 11.3 Å². The minimum absolute atomic E-state index is 0.0950. The quantitative estimate of drug-likeness (QED) is 0.534. The first-order valence-electron chi connectivity index (χ1n) is 10.1. The van der Waals surface area contributed by atoms with E-state index >= 15 is 0 Å². The van der Waals surface area contributed by atoms with Gasteiger partial charge in [0.25, 0.3) is 11.8 Å². The molecule has 2 heterocycles. The number of amides is 2. The maximum Gasteiger partial charge on any atom is 0.268 e. The summed E-state index contributed by atoms with van der Waals surface area (Å²) in [6.07, 6.45) is 4.80. The molecule has 2 aromatic carbocycles. The zero-order valence-electron chi connectivity index (χ0n) is 17.3. The molecule has 0 spiro atoms. The van der Waals surface area contributed by atoms with Crippen LogP contribution < -0.4 is 15.4 Å². The molecule has 2 amide bonds. The summed E-state index contributed by atoms with van der Waals surface area (Å²) in [5.74, 6) is 0.498. The van der Waals surface area contributed by atoms with Crippen LogP contribution in [0.1, 0.15) is 28.6 Å². The Morgan fingerprint density at radius 3 is 2.59 bits per heavy atom. The van der Waals surface area contributed by atoms with Crippen molar-refractivity contribution < 1.29 is 18.7 Å². The largest absolute Gasteiger partial charge is 0.485 e. The van der Waals surface area contributed by atoms with E-state index in [0.29, 0.717) is 16.3 Å². The van der Waals surface area contributed by atoms with Crippen LogP contribution in [0.3, 0.4) is 0 Å². The molecule has 1 aromatic heterocycles. The maximum atomic E-state index is 13.0. The summed E-state index contributed by atoms with van der Waals surface area (Å²) in [5.41, 5.74) is 2.13. The number of ether oxygens (including phenoxy) is 1. The zero-order chi connectivity index (χ0) is 22.5. The van der Waals surface area contributed by atoms with Crippen LogP contribution in [0.2, 0.25) is 5.02 Å². The van der Waals surface area contributed by atoms with E-state index in [2.05, 4.69) is 10.6 Å². The molecule has 0 bridgehead atoms. The zero-order valence-corrected chi connectivity index (χ0v) is 18.1. The molecule has 0 saturated carbocycles. The molecule has 1 unspecified atom stereocenters. The fourth-order valence-corrected chi connectivity index (χ4v) is 3.34. The Kier molecular flexibility index (Phi) is 6.42. The summed E-state index contributed by atoms with van der Waals surface area (Å²) >= 11 is 5.91. The van der Waals surface area contributed by atoms with Gasteiger partial charge in [-0.05, 0) is 67.1 Å². The number of hydrogen-bond donors (Lipinski definition) is 2. The van der Waals surface area contributed by atoms with E-state index in [4.69, 9.17) is 20.8 Å². The summed E-state index contributed by atoms with van der Waals surface area (Å²) in [6, 6.07) is 17.6. The number of rotatable bonds is 6. The van der Waals surface area contributed by atoms with Gasteiger partial charge in [-0.25, -0.2) is 0 Å². The molecule has 162 valence electrons. The van der Waals surface area contributed by atoms with Crippen LogP contribution in [0.15, 0.2) is 88.7 Å². The van der Waals surface area contributed by atoms with Crippen LogP contribution in [0, 0.1) is 0 Å². The molecule has 6 nitrogen and oxygen atoms in total. The monoisotopic (exact) mass is 448 g/mol. The standard InChI is InChI=1S/C25H21ClN2O4/c1-16-19(13-18-5-2-3-7-23(18)32-16)14-22(25(30)27-15-21-6-4-12-31-21)28-24(29)17-8-10-20(26)11-9-17/h2-14,16H,15H2,1H3,(H,27,30)(H,28,29). The van der Waals surface area contributed by atoms with Gasteiger partial charge in [-0.15, -0.1) is 0 Å². The fraction of sp³-hybridized carbons (Fsp3) is 0.120. The highest BCUT2D eigenvalue weighted by atomic mass is 35.5. The number of halogens is 1. The first kappa shape index (κ1) is 21.5. The average Bonchev–Trinajstić information content (AvgIpc) is 3.31. The van der Waals surface area contributed by atoms with Gasteiger partial charge in [0, 0.05) is 16.1 Å². The predicted octanol–water partition coefficient (Wildman–Crippen LogP) is 4.73. The first-order chi connectivity index (χ1) is 15.5. The number of nitrogens with one attached hydrogen (secondary N) is 2. The number of para-hydroxylation sites is 1. The van der Waals surface area contributed by atoms with Crippen molar-refractivity contribution >= 4 is 29.5 Å². The average molecular weight is 449 g/mol. The third kappa shape index (κ3) is 5.10. The second kappa shape index (κ2) is 9.58. The number of carbonyl (C=O) groups excluding carboxylic acids is 2. The third-order valence-electron chi connectivity index (χ3n) is 4.93. The van der Waals surface area contributed by atoms with Gasteiger partial charge in [0.2, 0.25) is 0 Å². The van der Waals surface area contributed by atoms with Crippen molar-refractivity contribution in [3.63, 3.8) is 0 Å². The lowest BCUT2D eigenvalue weighted by Gasteiger charge is -2.23. The normalized spacial score (nSPS) is 15.2. The van der Waals surface area contributed by atoms with Crippen molar-refractivity contribution in [2.24, 2.45) is 0 Å². The molecular weight excluding hydrogens is 428 g/mol. The minimum atomic E-state index is -0.448. The van der Waals surface area contributed by atoms with Crippen LogP contribution in [-0.4, -0.2) is 17.9 Å². The lowest BCUT2D eigenvalue weighted by molar-refractivity contribution is -0.118. The molecule has 0 aliphatic carbocycles. The van der Waals surface area contributed by atoms with E-state index in [1.54, 1.807) is 42.5 Å². The highest BCUT2D eigenvalue weighted by Gasteiger charge is 2.21. The smallest absolute Gasteiger partial charge is 0.268 e. The second-order valence-corrected chi connectivity index (χ2v) is 7.66. The van der Waals surface area contributed by atoms with Crippen LogP contribution in [0.5, 0.6) is 5.75 Å². The summed E-state index contributed by atoms with van der Waals surface area (Å²) in [5, 5.41) is 6.00. The van der Waals surface area contributed by atoms with E-state index in [-0.39, 0.29) is 18.3 Å². The number of carbonyl (C=O) groups is 2. The fourth-order valence-electron chi connectivity index (χ4n) is 3.22. The van der Waals surface area contributed by atoms with E-state index in [1.807, 2.05) is 37.3 Å². The predicted molar refractivity (Wildman–Crippen MR) is 122 cm³/mol. The van der Waals surface area contributed by atoms with Crippen molar-refractivity contribution in [1.82, 2.24) is 10.6 Å². The molecule has 4 rings (SSSR count). The lowest BCUT2D eigenvalue weighted by atomic mass is 10.0. The number of furan rings is 1. The summed E-state index contributed by atoms with van der Waals surface area (Å²) in [7, 11) is 0. The minimum Gasteiger partial charge on any atom is -0.485 e. The van der Waals surface area contributed by atoms with Crippen molar-refractivity contribution in [3.8, 4) is 5.75 Å². The number of fused-ring (bicyclic) bond motifs is 1. The van der Waals surface area contributed by atoms with Gasteiger partial charge in [-0.3, -0.25) is 9.59 Å². The van der Waals surface area contributed by atoms with Crippen molar-refractivity contribution in [2.45, 2.75) is 19.6 Å². The third-order valence-corrected chi connectivity index (χ3v) is 5.18. The number of hydrogen-bond acceptors (Lipinski definition) is 4. The van der Waals surface area contributed by atoms with Gasteiger partial charge in [0.1, 0.15) is 23.3 Å². The van der Waals surface area contributed by atoms with E-state index < -0.39 is 11.8 Å². The second-order valence-electron chi connectivity index (χ2n) is 7.22. The molecule has 1 aliphatic heterocycles. The number of benzene rings is 2. The Morgan fingerprint density at radius 2 is 1.84 bits per heavy atom. The molecule has 7 heteroatoms. The Balaban J connectivity index is 1.61. The molecule has 2 N–H and O–H groups in total. The molecule has 3 aromatic rings. The van der Waals surface area contributed by atoms with Gasteiger partial charge in [-0.2, -0.15) is 0 Å². The van der Waals surface area contributed by atoms with Gasteiger partial charge >= 0.3 is 0 Å². The first-order valence-corrected chi connectivity index (χ1v) is 10.4. The summed E-state index contributed by atoms with van der Waals surface area (Å²) < 4.78 is 11.2. The van der Waals surface area contributed by atoms with Crippen molar-refractivity contribution in [1.29, 1.82) is 0 Å². The van der Waals surface area contributed by atoms with E-state index in [0.717, 1.165) is 16.9 Å². The van der Waals surface area contributed by atoms with Crippen LogP contribution >= 0.6 is 11.6 Å². The molecule has 1 atom stereocenters. The molecular formula is C25H21ClN2O4. The summed E-state index contributed by atoms with van der Waals surface area (Å²) in [6.45, 7) is 2.07. The topological polar surface area (TPSA) is 80.6 Å². The van der Waals surface area contributed by atoms with E-state index in [1.165, 1.54) is 6.26 Å². The van der Waals surface area contributed by atoms with Crippen molar-refractivity contribution in [2.75, 3.05) is 0 Å². The lowest BCUT2D eigenvalue weighted by Crippen LogP contribution is -2.35. The van der Waals surface area contributed by atoms with Gasteiger partial charge < -0.3 is 19.8 Å². The van der Waals surface area contributed by atoms with Crippen LogP contribution in [0.25, 0.3) is 6.08 Å². The maximum absolute atomic E-state index is 13.0. The molecule has 32 heavy (non-hydrogen) atoms. The van der Waals surface area contributed by atoms with Gasteiger partial charge in [0.05, 0.1) is 12.8 Å². The highest BCUT2D eigenvalue weighted by Crippen LogP contribution is 2.30. The molecule has 1 aliphatic rings. The molecule has 0 saturated heterocycles. The SMILES string of the molecule is CC1Oc2ccccc2C=C1C=C(NC(=O)c1ccc(Cl)cc1)C(=O)NCc1ccco1. The Bertz CT molecular complexity index is 1180. The van der Waals surface area contributed by atoms with E-state index in [9.17, 15) is 9.59 Å². The van der Waals surface area contributed by atoms with Crippen LogP contribution in [0.4, 0.5) is 0 Å².